The van der Waals surface area contributed by atoms with Crippen molar-refractivity contribution in [1.29, 1.82) is 0 Å². The summed E-state index contributed by atoms with van der Waals surface area (Å²) in [7, 11) is 1.75. The maximum Gasteiger partial charge on any atom is 0.123 e. The van der Waals surface area contributed by atoms with Crippen LogP contribution >= 0.6 is 0 Å². The lowest BCUT2D eigenvalue weighted by atomic mass is 10.2. The van der Waals surface area contributed by atoms with Gasteiger partial charge in [-0.3, -0.25) is 0 Å². The number of hydrogen-bond acceptors (Lipinski definition) is 4. The third kappa shape index (κ3) is 7.46. The predicted octanol–water partition coefficient (Wildman–Crippen LogP) is 2.52. The Morgan fingerprint density at radius 1 is 1.14 bits per heavy atom. The molecule has 0 saturated carbocycles. The molecule has 0 aliphatic rings. The minimum atomic E-state index is 0.517. The largest absolute Gasteiger partial charge is 0.493 e. The summed E-state index contributed by atoms with van der Waals surface area (Å²) in [4.78, 5) is 2.44. The molecule has 1 aromatic rings. The summed E-state index contributed by atoms with van der Waals surface area (Å²) < 4.78 is 11.0. The fourth-order valence-electron chi connectivity index (χ4n) is 2.31. The van der Waals surface area contributed by atoms with E-state index in [1.807, 2.05) is 24.3 Å². The molecule has 0 aromatic heterocycles. The van der Waals surface area contributed by atoms with Crippen LogP contribution in [0, 0.1) is 5.92 Å². The zero-order valence-electron chi connectivity index (χ0n) is 13.7. The molecule has 0 atom stereocenters. The summed E-state index contributed by atoms with van der Waals surface area (Å²) in [5, 5.41) is 0. The monoisotopic (exact) mass is 294 g/mol. The van der Waals surface area contributed by atoms with Gasteiger partial charge in [0, 0.05) is 38.9 Å². The zero-order chi connectivity index (χ0) is 15.5. The second kappa shape index (κ2) is 10.6. The van der Waals surface area contributed by atoms with Crippen molar-refractivity contribution in [3.05, 3.63) is 29.8 Å². The molecule has 0 fully saturated rings. The molecule has 0 aliphatic heterocycles. The third-order valence-electron chi connectivity index (χ3n) is 3.30. The molecule has 0 aliphatic carbocycles. The summed E-state index contributed by atoms with van der Waals surface area (Å²) in [5.74, 6) is 1.58. The Kier molecular flexibility index (Phi) is 9.06. The van der Waals surface area contributed by atoms with Crippen molar-refractivity contribution in [2.75, 3.05) is 40.0 Å². The van der Waals surface area contributed by atoms with Gasteiger partial charge in [0.2, 0.25) is 0 Å². The average Bonchev–Trinajstić information content (AvgIpc) is 2.48. The van der Waals surface area contributed by atoms with Gasteiger partial charge in [0.15, 0.2) is 0 Å². The van der Waals surface area contributed by atoms with Crippen molar-refractivity contribution in [3.63, 3.8) is 0 Å². The molecule has 0 radical (unpaired) electrons. The Hall–Kier alpha value is -1.10. The summed E-state index contributed by atoms with van der Waals surface area (Å²) in [6.45, 7) is 9.62. The van der Waals surface area contributed by atoms with E-state index in [1.165, 1.54) is 0 Å². The fraction of sp³-hybridized carbons (Fsp3) is 0.647. The second-order valence-corrected chi connectivity index (χ2v) is 5.70. The Bertz CT molecular complexity index is 383. The molecule has 4 nitrogen and oxygen atoms in total. The van der Waals surface area contributed by atoms with Crippen LogP contribution in [0.1, 0.15) is 25.8 Å². The first-order valence-corrected chi connectivity index (χ1v) is 7.79. The first kappa shape index (κ1) is 18.0. The number of nitrogens with zero attached hydrogens (tertiary/aromatic N) is 1. The number of ether oxygens (including phenoxy) is 2. The summed E-state index contributed by atoms with van der Waals surface area (Å²) in [5.41, 5.74) is 6.78. The molecule has 0 heterocycles. The van der Waals surface area contributed by atoms with Gasteiger partial charge in [0.25, 0.3) is 0 Å². The molecule has 0 spiro atoms. The van der Waals surface area contributed by atoms with Crippen molar-refractivity contribution in [2.24, 2.45) is 11.7 Å². The van der Waals surface area contributed by atoms with Gasteiger partial charge in [-0.05, 0) is 18.4 Å². The van der Waals surface area contributed by atoms with Crippen molar-refractivity contribution < 1.29 is 9.47 Å². The highest BCUT2D eigenvalue weighted by Crippen LogP contribution is 2.17. The van der Waals surface area contributed by atoms with Crippen LogP contribution in [0.2, 0.25) is 0 Å². The highest BCUT2D eigenvalue weighted by molar-refractivity contribution is 5.32. The lowest BCUT2D eigenvalue weighted by molar-refractivity contribution is 0.135. The maximum atomic E-state index is 5.85. The second-order valence-electron chi connectivity index (χ2n) is 5.70. The molecule has 120 valence electrons. The molecule has 0 unspecified atom stereocenters. The van der Waals surface area contributed by atoms with Gasteiger partial charge in [-0.15, -0.1) is 0 Å². The van der Waals surface area contributed by atoms with Crippen LogP contribution in [0.4, 0.5) is 0 Å². The van der Waals surface area contributed by atoms with Crippen LogP contribution in [-0.2, 0) is 11.3 Å². The number of hydrogen-bond donors (Lipinski definition) is 1. The van der Waals surface area contributed by atoms with Gasteiger partial charge < -0.3 is 20.1 Å². The number of methoxy groups -OCH3 is 1. The van der Waals surface area contributed by atoms with E-state index in [-0.39, 0.29) is 0 Å². The maximum absolute atomic E-state index is 5.85. The molecular formula is C17H30N2O2. The van der Waals surface area contributed by atoms with Crippen molar-refractivity contribution in [3.8, 4) is 5.75 Å². The van der Waals surface area contributed by atoms with Gasteiger partial charge in [0.1, 0.15) is 5.75 Å². The van der Waals surface area contributed by atoms with Crippen molar-refractivity contribution >= 4 is 0 Å². The SMILES string of the molecule is COCCN(CCCOc1ccccc1CN)CC(C)C. The van der Waals surface area contributed by atoms with Gasteiger partial charge >= 0.3 is 0 Å². The van der Waals surface area contributed by atoms with E-state index in [0.717, 1.165) is 50.6 Å². The van der Waals surface area contributed by atoms with Crippen molar-refractivity contribution in [2.45, 2.75) is 26.8 Å². The van der Waals surface area contributed by atoms with Crippen LogP contribution < -0.4 is 10.5 Å². The Balaban J connectivity index is 2.32. The molecule has 2 N–H and O–H groups in total. The lowest BCUT2D eigenvalue weighted by Gasteiger charge is -2.24. The molecular weight excluding hydrogens is 264 g/mol. The topological polar surface area (TPSA) is 47.7 Å². The van der Waals surface area contributed by atoms with Crippen LogP contribution in [0.5, 0.6) is 5.75 Å². The van der Waals surface area contributed by atoms with Gasteiger partial charge in [-0.2, -0.15) is 0 Å². The standard InChI is InChI=1S/C17H30N2O2/c1-15(2)14-19(10-12-20-3)9-6-11-21-17-8-5-4-7-16(17)13-18/h4-5,7-8,15H,6,9-14,18H2,1-3H3. The van der Waals surface area contributed by atoms with Crippen LogP contribution in [0.15, 0.2) is 24.3 Å². The van der Waals surface area contributed by atoms with E-state index in [9.17, 15) is 0 Å². The van der Waals surface area contributed by atoms with Crippen LogP contribution in [-0.4, -0.2) is 44.9 Å². The Morgan fingerprint density at radius 2 is 1.90 bits per heavy atom. The normalized spacial score (nSPS) is 11.3. The van der Waals surface area contributed by atoms with Gasteiger partial charge in [0.05, 0.1) is 13.2 Å². The van der Waals surface area contributed by atoms with E-state index in [0.29, 0.717) is 12.5 Å². The minimum absolute atomic E-state index is 0.517. The highest BCUT2D eigenvalue weighted by atomic mass is 16.5. The fourth-order valence-corrected chi connectivity index (χ4v) is 2.31. The molecule has 1 aromatic carbocycles. The number of benzene rings is 1. The third-order valence-corrected chi connectivity index (χ3v) is 3.30. The molecule has 21 heavy (non-hydrogen) atoms. The van der Waals surface area contributed by atoms with E-state index in [2.05, 4.69) is 18.7 Å². The lowest BCUT2D eigenvalue weighted by Crippen LogP contribution is -2.32. The van der Waals surface area contributed by atoms with E-state index < -0.39 is 0 Å². The van der Waals surface area contributed by atoms with Crippen molar-refractivity contribution in [1.82, 2.24) is 4.90 Å². The van der Waals surface area contributed by atoms with Gasteiger partial charge in [-0.25, -0.2) is 0 Å². The predicted molar refractivity (Wildman–Crippen MR) is 87.6 cm³/mol. The molecule has 0 saturated heterocycles. The first-order valence-electron chi connectivity index (χ1n) is 7.79. The zero-order valence-corrected chi connectivity index (χ0v) is 13.7. The number of para-hydroxylation sites is 1. The number of rotatable bonds is 11. The molecule has 0 amide bonds. The Labute approximate surface area is 129 Å². The summed E-state index contributed by atoms with van der Waals surface area (Å²) >= 11 is 0. The first-order chi connectivity index (χ1) is 10.2. The highest BCUT2D eigenvalue weighted by Gasteiger charge is 2.07. The van der Waals surface area contributed by atoms with E-state index >= 15 is 0 Å². The summed E-state index contributed by atoms with van der Waals surface area (Å²) in [6, 6.07) is 7.97. The van der Waals surface area contributed by atoms with Crippen LogP contribution in [0.25, 0.3) is 0 Å². The average molecular weight is 294 g/mol. The van der Waals surface area contributed by atoms with E-state index in [1.54, 1.807) is 7.11 Å². The Morgan fingerprint density at radius 3 is 2.57 bits per heavy atom. The quantitative estimate of drug-likeness (QED) is 0.637. The smallest absolute Gasteiger partial charge is 0.123 e. The van der Waals surface area contributed by atoms with E-state index in [4.69, 9.17) is 15.2 Å². The minimum Gasteiger partial charge on any atom is -0.493 e. The molecule has 4 heteroatoms. The van der Waals surface area contributed by atoms with Crippen LogP contribution in [0.3, 0.4) is 0 Å². The summed E-state index contributed by atoms with van der Waals surface area (Å²) in [6.07, 6.45) is 1.01. The molecule has 0 bridgehead atoms. The molecule has 1 rings (SSSR count). The van der Waals surface area contributed by atoms with Gasteiger partial charge in [-0.1, -0.05) is 32.0 Å². The number of nitrogens with two attached hydrogens (primary N) is 1.